The highest BCUT2D eigenvalue weighted by molar-refractivity contribution is 5.53. The zero-order valence-electron chi connectivity index (χ0n) is 16.5. The van der Waals surface area contributed by atoms with E-state index < -0.39 is 0 Å². The van der Waals surface area contributed by atoms with Crippen molar-refractivity contribution >= 4 is 0 Å². The van der Waals surface area contributed by atoms with E-state index in [1.807, 2.05) is 0 Å². The van der Waals surface area contributed by atoms with Gasteiger partial charge in [0.05, 0.1) is 5.54 Å². The molecule has 1 aromatic rings. The number of fused-ring (bicyclic) bond motifs is 3. The van der Waals surface area contributed by atoms with Crippen LogP contribution in [0.15, 0.2) is 23.8 Å². The maximum atomic E-state index is 6.55. The molecule has 3 heteroatoms. The number of hydrazine groups is 1. The minimum absolute atomic E-state index is 0.245. The molecule has 0 spiro atoms. The molecule has 0 amide bonds. The number of ether oxygens (including phenoxy) is 1. The number of hydrogen-bond acceptors (Lipinski definition) is 3. The van der Waals surface area contributed by atoms with Crippen LogP contribution in [0, 0.1) is 12.8 Å². The molecular weight excluding hydrogens is 308 g/mol. The molecule has 0 fully saturated rings. The summed E-state index contributed by atoms with van der Waals surface area (Å²) in [5, 5.41) is 0. The van der Waals surface area contributed by atoms with E-state index in [0.717, 1.165) is 25.0 Å². The Morgan fingerprint density at radius 2 is 2.00 bits per heavy atom. The van der Waals surface area contributed by atoms with Gasteiger partial charge in [-0.1, -0.05) is 37.5 Å². The molecule has 25 heavy (non-hydrogen) atoms. The largest absolute Gasteiger partial charge is 0.487 e. The van der Waals surface area contributed by atoms with Crippen LogP contribution in [0.25, 0.3) is 0 Å². The fourth-order valence-electron chi connectivity index (χ4n) is 5.03. The molecule has 3 nitrogen and oxygen atoms in total. The molecule has 2 aliphatic rings. The second kappa shape index (κ2) is 6.77. The Labute approximate surface area is 153 Å². The third kappa shape index (κ3) is 3.13. The van der Waals surface area contributed by atoms with Crippen molar-refractivity contribution in [2.45, 2.75) is 84.3 Å². The number of allylic oxidation sites excluding steroid dienone is 1. The van der Waals surface area contributed by atoms with Crippen LogP contribution < -0.4 is 16.0 Å². The standard InChI is InChI=1S/C22H34N2O/c1-6-7-8-9-17-12-16(3)20-18(13-17)25-21(4,5)19-11-10-15(2)14-22(19,20)24-23/h12-14,19,24H,6-11,23H2,1-5H3/t19-,22-/m0/s1. The summed E-state index contributed by atoms with van der Waals surface area (Å²) in [6, 6.07) is 4.59. The van der Waals surface area contributed by atoms with Crippen LogP contribution in [0.5, 0.6) is 5.75 Å². The van der Waals surface area contributed by atoms with Crippen molar-refractivity contribution in [1.82, 2.24) is 5.43 Å². The van der Waals surface area contributed by atoms with Gasteiger partial charge in [0.25, 0.3) is 0 Å². The average Bonchev–Trinajstić information content (AvgIpc) is 2.53. The molecule has 138 valence electrons. The summed E-state index contributed by atoms with van der Waals surface area (Å²) in [7, 11) is 0. The topological polar surface area (TPSA) is 47.3 Å². The third-order valence-electron chi connectivity index (χ3n) is 6.14. The number of benzene rings is 1. The summed E-state index contributed by atoms with van der Waals surface area (Å²) in [5.74, 6) is 7.54. The number of nitrogens with one attached hydrogen (secondary N) is 1. The Bertz CT molecular complexity index is 677. The van der Waals surface area contributed by atoms with Gasteiger partial charge in [0.2, 0.25) is 0 Å². The zero-order valence-corrected chi connectivity index (χ0v) is 16.5. The lowest BCUT2D eigenvalue weighted by molar-refractivity contribution is -0.0290. The average molecular weight is 343 g/mol. The molecule has 3 rings (SSSR count). The molecule has 3 N–H and O–H groups in total. The van der Waals surface area contributed by atoms with Crippen molar-refractivity contribution in [3.63, 3.8) is 0 Å². The molecule has 0 aromatic heterocycles. The molecule has 0 unspecified atom stereocenters. The highest BCUT2D eigenvalue weighted by Crippen LogP contribution is 2.53. The van der Waals surface area contributed by atoms with E-state index in [2.05, 4.69) is 58.3 Å². The van der Waals surface area contributed by atoms with Crippen molar-refractivity contribution in [3.05, 3.63) is 40.5 Å². The van der Waals surface area contributed by atoms with E-state index in [4.69, 9.17) is 10.6 Å². The summed E-state index contributed by atoms with van der Waals surface area (Å²) in [4.78, 5) is 0. The number of rotatable bonds is 5. The van der Waals surface area contributed by atoms with Crippen molar-refractivity contribution in [2.75, 3.05) is 0 Å². The molecule has 2 atom stereocenters. The van der Waals surface area contributed by atoms with Crippen molar-refractivity contribution in [2.24, 2.45) is 11.8 Å². The Morgan fingerprint density at radius 3 is 2.68 bits per heavy atom. The first-order chi connectivity index (χ1) is 11.8. The second-order valence-electron chi connectivity index (χ2n) is 8.54. The predicted molar refractivity (Wildman–Crippen MR) is 105 cm³/mol. The lowest BCUT2D eigenvalue weighted by atomic mass is 9.62. The normalized spacial score (nSPS) is 27.1. The van der Waals surface area contributed by atoms with Crippen LogP contribution in [0.2, 0.25) is 0 Å². The van der Waals surface area contributed by atoms with Gasteiger partial charge in [-0.05, 0) is 70.6 Å². The van der Waals surface area contributed by atoms with Gasteiger partial charge in [0.15, 0.2) is 0 Å². The lowest BCUT2D eigenvalue weighted by Crippen LogP contribution is -2.62. The highest BCUT2D eigenvalue weighted by atomic mass is 16.5. The first-order valence-corrected chi connectivity index (χ1v) is 9.83. The fourth-order valence-corrected chi connectivity index (χ4v) is 5.03. The van der Waals surface area contributed by atoms with E-state index in [-0.39, 0.29) is 11.1 Å². The van der Waals surface area contributed by atoms with E-state index in [9.17, 15) is 0 Å². The molecule has 0 saturated carbocycles. The van der Waals surface area contributed by atoms with Gasteiger partial charge in [-0.3, -0.25) is 5.84 Å². The molecular formula is C22H34N2O. The van der Waals surface area contributed by atoms with Crippen LogP contribution in [0.4, 0.5) is 0 Å². The number of aryl methyl sites for hydroxylation is 2. The number of unbranched alkanes of at least 4 members (excludes halogenated alkanes) is 2. The van der Waals surface area contributed by atoms with Gasteiger partial charge < -0.3 is 4.74 Å². The quantitative estimate of drug-likeness (QED) is 0.346. The second-order valence-corrected chi connectivity index (χ2v) is 8.54. The summed E-state index contributed by atoms with van der Waals surface area (Å²) in [6.45, 7) is 11.1. The SMILES string of the molecule is CCCCCc1cc(C)c2c(c1)OC(C)(C)[C@@H]1CCC(C)=C[C@@]21NN. The Kier molecular flexibility index (Phi) is 5.00. The first kappa shape index (κ1) is 18.5. The van der Waals surface area contributed by atoms with Crippen LogP contribution in [-0.2, 0) is 12.0 Å². The maximum absolute atomic E-state index is 6.55. The molecule has 0 bridgehead atoms. The first-order valence-electron chi connectivity index (χ1n) is 9.83. The minimum atomic E-state index is -0.328. The Balaban J connectivity index is 2.12. The van der Waals surface area contributed by atoms with Crippen LogP contribution >= 0.6 is 0 Å². The summed E-state index contributed by atoms with van der Waals surface area (Å²) < 4.78 is 6.55. The monoisotopic (exact) mass is 342 g/mol. The van der Waals surface area contributed by atoms with Gasteiger partial charge in [-0.25, -0.2) is 5.43 Å². The summed E-state index contributed by atoms with van der Waals surface area (Å²) >= 11 is 0. The van der Waals surface area contributed by atoms with Gasteiger partial charge in [-0.2, -0.15) is 0 Å². The molecule has 1 heterocycles. The smallest absolute Gasteiger partial charge is 0.126 e. The van der Waals surface area contributed by atoms with Crippen molar-refractivity contribution in [3.8, 4) is 5.75 Å². The Morgan fingerprint density at radius 1 is 1.24 bits per heavy atom. The maximum Gasteiger partial charge on any atom is 0.126 e. The van der Waals surface area contributed by atoms with Crippen molar-refractivity contribution < 1.29 is 4.74 Å². The fraction of sp³-hybridized carbons (Fsp3) is 0.636. The predicted octanol–water partition coefficient (Wildman–Crippen LogP) is 4.91. The minimum Gasteiger partial charge on any atom is -0.487 e. The van der Waals surface area contributed by atoms with E-state index in [0.29, 0.717) is 5.92 Å². The molecule has 1 aliphatic carbocycles. The van der Waals surface area contributed by atoms with Crippen molar-refractivity contribution in [1.29, 1.82) is 0 Å². The van der Waals surface area contributed by atoms with Crippen LogP contribution in [0.3, 0.4) is 0 Å². The van der Waals surface area contributed by atoms with Gasteiger partial charge >= 0.3 is 0 Å². The van der Waals surface area contributed by atoms with Gasteiger partial charge in [0.1, 0.15) is 11.4 Å². The summed E-state index contributed by atoms with van der Waals surface area (Å²) in [5.41, 5.74) is 7.95. The number of hydrogen-bond donors (Lipinski definition) is 2. The molecule has 1 aromatic carbocycles. The van der Waals surface area contributed by atoms with E-state index in [1.54, 1.807) is 0 Å². The van der Waals surface area contributed by atoms with Gasteiger partial charge in [-0.15, -0.1) is 0 Å². The molecule has 0 radical (unpaired) electrons. The van der Waals surface area contributed by atoms with E-state index in [1.165, 1.54) is 41.5 Å². The summed E-state index contributed by atoms with van der Waals surface area (Å²) in [6.07, 6.45) is 9.45. The van der Waals surface area contributed by atoms with Gasteiger partial charge in [0, 0.05) is 11.5 Å². The number of nitrogens with two attached hydrogens (primary N) is 1. The zero-order chi connectivity index (χ0) is 18.2. The van der Waals surface area contributed by atoms with E-state index >= 15 is 0 Å². The van der Waals surface area contributed by atoms with Crippen LogP contribution in [-0.4, -0.2) is 5.60 Å². The van der Waals surface area contributed by atoms with Crippen LogP contribution in [0.1, 0.15) is 76.5 Å². The highest BCUT2D eigenvalue weighted by Gasteiger charge is 2.54. The Hall–Kier alpha value is -1.32. The lowest BCUT2D eigenvalue weighted by Gasteiger charge is -2.54. The molecule has 0 saturated heterocycles. The third-order valence-corrected chi connectivity index (χ3v) is 6.14. The molecule has 1 aliphatic heterocycles.